The maximum atomic E-state index is 6.11. The fourth-order valence-corrected chi connectivity index (χ4v) is 4.49. The van der Waals surface area contributed by atoms with Crippen molar-refractivity contribution in [2.45, 2.75) is 31.6 Å². The quantitative estimate of drug-likeness (QED) is 0.685. The third kappa shape index (κ3) is 4.56. The van der Waals surface area contributed by atoms with Crippen LogP contribution in [0.3, 0.4) is 0 Å². The molecule has 29 heavy (non-hydrogen) atoms. The highest BCUT2D eigenvalue weighted by molar-refractivity contribution is 5.86. The molecule has 0 radical (unpaired) electrons. The van der Waals surface area contributed by atoms with Crippen LogP contribution in [0.15, 0.2) is 12.1 Å². The molecule has 1 unspecified atom stereocenters. The fourth-order valence-electron chi connectivity index (χ4n) is 4.49. The van der Waals surface area contributed by atoms with E-state index in [2.05, 4.69) is 28.2 Å². The van der Waals surface area contributed by atoms with E-state index in [0.29, 0.717) is 18.5 Å². The van der Waals surface area contributed by atoms with Crippen LogP contribution in [0.1, 0.15) is 37.3 Å². The lowest BCUT2D eigenvalue weighted by Crippen LogP contribution is -2.21. The number of hydrogen-bond acceptors (Lipinski definition) is 7. The van der Waals surface area contributed by atoms with Gasteiger partial charge in [-0.15, -0.1) is 0 Å². The van der Waals surface area contributed by atoms with E-state index in [0.717, 1.165) is 60.6 Å². The number of likely N-dealkylation sites (tertiary alicyclic amines) is 2. The van der Waals surface area contributed by atoms with Crippen LogP contribution in [-0.4, -0.2) is 80.3 Å². The average Bonchev–Trinajstić information content (AvgIpc) is 3.41. The molecule has 2 fully saturated rings. The number of rotatable bonds is 8. The molecule has 0 spiro atoms. The van der Waals surface area contributed by atoms with Gasteiger partial charge in [-0.3, -0.25) is 0 Å². The van der Waals surface area contributed by atoms with E-state index in [-0.39, 0.29) is 0 Å². The van der Waals surface area contributed by atoms with Crippen molar-refractivity contribution in [1.82, 2.24) is 19.8 Å². The molecule has 2 aliphatic rings. The number of anilines is 1. The van der Waals surface area contributed by atoms with Crippen LogP contribution in [0.25, 0.3) is 10.9 Å². The standard InChI is InChI=1S/C22H33N5O2/c1-23-22-24-18-14-20(29-12-6-10-27-8-4-5-9-27)19(28-3)13-17(18)21(25-22)16-7-11-26(2)15-16/h13-14,16H,4-12,15H2,1-3H3,(H,23,24,25). The Morgan fingerprint density at radius 3 is 2.66 bits per heavy atom. The van der Waals surface area contributed by atoms with Gasteiger partial charge in [0.1, 0.15) is 0 Å². The fraction of sp³-hybridized carbons (Fsp3) is 0.636. The number of ether oxygens (including phenoxy) is 2. The molecule has 2 aliphatic heterocycles. The second-order valence-electron chi connectivity index (χ2n) is 8.20. The Balaban J connectivity index is 1.56. The molecule has 1 aromatic heterocycles. The highest BCUT2D eigenvalue weighted by Gasteiger charge is 2.26. The molecule has 7 heteroatoms. The number of nitrogens with one attached hydrogen (secondary N) is 1. The third-order valence-electron chi connectivity index (χ3n) is 6.09. The Morgan fingerprint density at radius 2 is 1.97 bits per heavy atom. The van der Waals surface area contributed by atoms with Crippen LogP contribution in [0, 0.1) is 0 Å². The van der Waals surface area contributed by atoms with Crippen molar-refractivity contribution in [3.8, 4) is 11.5 Å². The first kappa shape index (κ1) is 20.2. The van der Waals surface area contributed by atoms with Gasteiger partial charge in [-0.2, -0.15) is 0 Å². The zero-order chi connectivity index (χ0) is 20.2. The van der Waals surface area contributed by atoms with Crippen LogP contribution in [0.4, 0.5) is 5.95 Å². The number of aromatic nitrogens is 2. The Hall–Kier alpha value is -2.12. The van der Waals surface area contributed by atoms with Crippen molar-refractivity contribution in [3.63, 3.8) is 0 Å². The highest BCUT2D eigenvalue weighted by Crippen LogP contribution is 2.37. The summed E-state index contributed by atoms with van der Waals surface area (Å²) < 4.78 is 11.8. The molecule has 158 valence electrons. The molecule has 2 aromatic rings. The van der Waals surface area contributed by atoms with Crippen molar-refractivity contribution in [2.24, 2.45) is 0 Å². The second kappa shape index (κ2) is 9.13. The van der Waals surface area contributed by atoms with Crippen molar-refractivity contribution in [2.75, 3.05) is 65.9 Å². The van der Waals surface area contributed by atoms with Crippen LogP contribution in [0.2, 0.25) is 0 Å². The van der Waals surface area contributed by atoms with Gasteiger partial charge in [-0.05, 0) is 58.4 Å². The zero-order valence-corrected chi connectivity index (χ0v) is 17.9. The Morgan fingerprint density at radius 1 is 1.14 bits per heavy atom. The van der Waals surface area contributed by atoms with E-state index in [1.807, 2.05) is 13.1 Å². The minimum Gasteiger partial charge on any atom is -0.493 e. The summed E-state index contributed by atoms with van der Waals surface area (Å²) in [6.45, 7) is 6.35. The molecule has 4 rings (SSSR count). The molecule has 0 aliphatic carbocycles. The Bertz CT molecular complexity index is 838. The Kier molecular flexibility index (Phi) is 6.35. The van der Waals surface area contributed by atoms with Crippen LogP contribution in [-0.2, 0) is 0 Å². The molecule has 0 bridgehead atoms. The smallest absolute Gasteiger partial charge is 0.223 e. The molecular formula is C22H33N5O2. The maximum Gasteiger partial charge on any atom is 0.223 e. The van der Waals surface area contributed by atoms with Crippen molar-refractivity contribution < 1.29 is 9.47 Å². The number of methoxy groups -OCH3 is 1. The molecule has 0 saturated carbocycles. The van der Waals surface area contributed by atoms with Crippen molar-refractivity contribution >= 4 is 16.9 Å². The number of hydrogen-bond donors (Lipinski definition) is 1. The summed E-state index contributed by atoms with van der Waals surface area (Å²) in [6, 6.07) is 4.06. The van der Waals surface area contributed by atoms with Gasteiger partial charge in [0.25, 0.3) is 0 Å². The van der Waals surface area contributed by atoms with E-state index < -0.39 is 0 Å². The molecule has 2 saturated heterocycles. The highest BCUT2D eigenvalue weighted by atomic mass is 16.5. The molecular weight excluding hydrogens is 366 g/mol. The van der Waals surface area contributed by atoms with Gasteiger partial charge in [-0.1, -0.05) is 0 Å². The summed E-state index contributed by atoms with van der Waals surface area (Å²) in [4.78, 5) is 14.4. The van der Waals surface area contributed by atoms with Crippen LogP contribution in [0.5, 0.6) is 11.5 Å². The molecule has 3 heterocycles. The lowest BCUT2D eigenvalue weighted by molar-refractivity contribution is 0.254. The van der Waals surface area contributed by atoms with Crippen molar-refractivity contribution in [1.29, 1.82) is 0 Å². The lowest BCUT2D eigenvalue weighted by Gasteiger charge is -2.18. The molecule has 0 amide bonds. The van der Waals surface area contributed by atoms with E-state index in [4.69, 9.17) is 19.4 Å². The molecule has 1 N–H and O–H groups in total. The van der Waals surface area contributed by atoms with Gasteiger partial charge in [0.2, 0.25) is 5.95 Å². The minimum atomic E-state index is 0.412. The summed E-state index contributed by atoms with van der Waals surface area (Å²) in [5.41, 5.74) is 2.01. The summed E-state index contributed by atoms with van der Waals surface area (Å²) in [6.07, 6.45) is 4.78. The summed E-state index contributed by atoms with van der Waals surface area (Å²) in [7, 11) is 5.73. The average molecular weight is 400 g/mol. The first-order valence-electron chi connectivity index (χ1n) is 10.8. The molecule has 1 aromatic carbocycles. The Labute approximate surface area is 173 Å². The van der Waals surface area contributed by atoms with Gasteiger partial charge in [-0.25, -0.2) is 9.97 Å². The van der Waals surface area contributed by atoms with Gasteiger partial charge in [0.05, 0.1) is 24.9 Å². The summed E-state index contributed by atoms with van der Waals surface area (Å²) in [5, 5.41) is 4.17. The van der Waals surface area contributed by atoms with Crippen molar-refractivity contribution in [3.05, 3.63) is 17.8 Å². The number of benzene rings is 1. The summed E-state index contributed by atoms with van der Waals surface area (Å²) in [5.74, 6) is 2.59. The topological polar surface area (TPSA) is 62.8 Å². The second-order valence-corrected chi connectivity index (χ2v) is 8.20. The first-order chi connectivity index (χ1) is 14.2. The monoisotopic (exact) mass is 399 g/mol. The molecule has 7 nitrogen and oxygen atoms in total. The summed E-state index contributed by atoms with van der Waals surface area (Å²) >= 11 is 0. The molecule has 1 atom stereocenters. The van der Waals surface area contributed by atoms with E-state index in [9.17, 15) is 0 Å². The van der Waals surface area contributed by atoms with Gasteiger partial charge in [0, 0.05) is 37.5 Å². The normalized spacial score (nSPS) is 20.4. The van der Waals surface area contributed by atoms with Gasteiger partial charge in [0.15, 0.2) is 11.5 Å². The van der Waals surface area contributed by atoms with Crippen LogP contribution >= 0.6 is 0 Å². The van der Waals surface area contributed by atoms with Crippen LogP contribution < -0.4 is 14.8 Å². The predicted molar refractivity (Wildman–Crippen MR) is 116 cm³/mol. The third-order valence-corrected chi connectivity index (χ3v) is 6.09. The maximum absolute atomic E-state index is 6.11. The first-order valence-corrected chi connectivity index (χ1v) is 10.8. The lowest BCUT2D eigenvalue weighted by atomic mass is 9.99. The van der Waals surface area contributed by atoms with E-state index in [1.54, 1.807) is 7.11 Å². The van der Waals surface area contributed by atoms with Gasteiger partial charge < -0.3 is 24.6 Å². The minimum absolute atomic E-state index is 0.412. The van der Waals surface area contributed by atoms with E-state index in [1.165, 1.54) is 25.9 Å². The predicted octanol–water partition coefficient (Wildman–Crippen LogP) is 2.96. The number of likely N-dealkylation sites (N-methyl/N-ethyl adjacent to an activating group) is 1. The van der Waals surface area contributed by atoms with Gasteiger partial charge >= 0.3 is 0 Å². The number of fused-ring (bicyclic) bond motifs is 1. The zero-order valence-electron chi connectivity index (χ0n) is 17.9. The number of nitrogens with zero attached hydrogens (tertiary/aromatic N) is 4. The SMILES string of the molecule is CNc1nc(C2CCN(C)C2)c2cc(OC)c(OCCCN3CCCC3)cc2n1. The largest absolute Gasteiger partial charge is 0.493 e. The van der Waals surface area contributed by atoms with E-state index >= 15 is 0 Å².